The van der Waals surface area contributed by atoms with Gasteiger partial charge in [0.25, 0.3) is 5.91 Å². The van der Waals surface area contributed by atoms with Gasteiger partial charge in [0.05, 0.1) is 11.7 Å². The molecule has 0 radical (unpaired) electrons. The van der Waals surface area contributed by atoms with Gasteiger partial charge >= 0.3 is 0 Å². The van der Waals surface area contributed by atoms with Crippen molar-refractivity contribution in [2.75, 3.05) is 5.32 Å². The van der Waals surface area contributed by atoms with E-state index in [9.17, 15) is 9.59 Å². The Labute approximate surface area is 168 Å². The molecule has 1 aromatic carbocycles. The average molecular weight is 398 g/mol. The van der Waals surface area contributed by atoms with Crippen molar-refractivity contribution < 1.29 is 14.0 Å². The third kappa shape index (κ3) is 4.48. The van der Waals surface area contributed by atoms with E-state index < -0.39 is 0 Å². The van der Waals surface area contributed by atoms with Crippen LogP contribution in [0.3, 0.4) is 0 Å². The van der Waals surface area contributed by atoms with Crippen molar-refractivity contribution in [1.29, 1.82) is 0 Å². The predicted molar refractivity (Wildman–Crippen MR) is 111 cm³/mol. The number of furan rings is 1. The Bertz CT molecular complexity index is 989. The first-order chi connectivity index (χ1) is 13.4. The summed E-state index contributed by atoms with van der Waals surface area (Å²) < 4.78 is 5.59. The molecule has 0 aliphatic heterocycles. The van der Waals surface area contributed by atoms with Crippen LogP contribution in [0.25, 0.3) is 11.3 Å². The fourth-order valence-corrected chi connectivity index (χ4v) is 3.65. The highest BCUT2D eigenvalue weighted by Crippen LogP contribution is 2.27. The number of anilines is 1. The van der Waals surface area contributed by atoms with Crippen LogP contribution in [0.4, 0.5) is 5.13 Å². The van der Waals surface area contributed by atoms with Crippen molar-refractivity contribution in [3.8, 4) is 11.3 Å². The highest BCUT2D eigenvalue weighted by Gasteiger charge is 2.16. The Kier molecular flexibility index (Phi) is 5.94. The van der Waals surface area contributed by atoms with Gasteiger partial charge < -0.3 is 9.73 Å². The monoisotopic (exact) mass is 397 g/mol. The molecule has 0 aliphatic carbocycles. The zero-order valence-corrected chi connectivity index (χ0v) is 17.1. The number of nitrogens with one attached hydrogen (secondary N) is 2. The SMILES string of the molecule is CCc1oc(C(=O)Nc2nc(-c3ccc([C@H](C)NC(C)=O)cc3)cs2)cc1C. The molecular weight excluding hydrogens is 374 g/mol. The van der Waals surface area contributed by atoms with Crippen molar-refractivity contribution in [3.63, 3.8) is 0 Å². The van der Waals surface area contributed by atoms with E-state index in [1.54, 1.807) is 6.07 Å². The summed E-state index contributed by atoms with van der Waals surface area (Å²) in [6.07, 6.45) is 0.747. The van der Waals surface area contributed by atoms with Crippen LogP contribution in [-0.2, 0) is 11.2 Å². The third-order valence-corrected chi connectivity index (χ3v) is 5.17. The molecule has 6 nitrogen and oxygen atoms in total. The van der Waals surface area contributed by atoms with Crippen molar-refractivity contribution in [2.45, 2.75) is 40.2 Å². The second-order valence-corrected chi connectivity index (χ2v) is 7.46. The summed E-state index contributed by atoms with van der Waals surface area (Å²) in [7, 11) is 0. The Morgan fingerprint density at radius 3 is 2.57 bits per heavy atom. The number of rotatable bonds is 6. The molecule has 146 valence electrons. The number of hydrogen-bond donors (Lipinski definition) is 2. The molecule has 0 aliphatic rings. The summed E-state index contributed by atoms with van der Waals surface area (Å²) in [6.45, 7) is 7.36. The van der Waals surface area contributed by atoms with E-state index in [-0.39, 0.29) is 17.9 Å². The van der Waals surface area contributed by atoms with E-state index in [1.165, 1.54) is 18.3 Å². The summed E-state index contributed by atoms with van der Waals surface area (Å²) in [5.41, 5.74) is 3.71. The van der Waals surface area contributed by atoms with Crippen molar-refractivity contribution in [3.05, 3.63) is 58.4 Å². The molecule has 0 saturated carbocycles. The van der Waals surface area contributed by atoms with Crippen LogP contribution in [-0.4, -0.2) is 16.8 Å². The number of nitrogens with zero attached hydrogens (tertiary/aromatic N) is 1. The average Bonchev–Trinajstić information content (AvgIpc) is 3.27. The van der Waals surface area contributed by atoms with Crippen LogP contribution in [0.5, 0.6) is 0 Å². The molecule has 1 atom stereocenters. The Hall–Kier alpha value is -2.93. The maximum absolute atomic E-state index is 12.4. The fraction of sp³-hybridized carbons (Fsp3) is 0.286. The van der Waals surface area contributed by atoms with Crippen LogP contribution < -0.4 is 10.6 Å². The van der Waals surface area contributed by atoms with Gasteiger partial charge in [0.1, 0.15) is 5.76 Å². The Balaban J connectivity index is 1.69. The quantitative estimate of drug-likeness (QED) is 0.630. The minimum absolute atomic E-state index is 0.0541. The third-order valence-electron chi connectivity index (χ3n) is 4.42. The molecule has 28 heavy (non-hydrogen) atoms. The first-order valence-corrected chi connectivity index (χ1v) is 9.99. The topological polar surface area (TPSA) is 84.2 Å². The molecule has 0 bridgehead atoms. The molecule has 2 heterocycles. The second-order valence-electron chi connectivity index (χ2n) is 6.61. The maximum Gasteiger partial charge on any atom is 0.293 e. The molecule has 0 spiro atoms. The first-order valence-electron chi connectivity index (χ1n) is 9.11. The minimum Gasteiger partial charge on any atom is -0.456 e. The largest absolute Gasteiger partial charge is 0.456 e. The molecule has 0 unspecified atom stereocenters. The van der Waals surface area contributed by atoms with Crippen LogP contribution in [0, 0.1) is 6.92 Å². The van der Waals surface area contributed by atoms with Gasteiger partial charge in [-0.1, -0.05) is 31.2 Å². The number of aromatic nitrogens is 1. The first kappa shape index (κ1) is 19.8. The summed E-state index contributed by atoms with van der Waals surface area (Å²) in [4.78, 5) is 28.1. The van der Waals surface area contributed by atoms with Crippen LogP contribution >= 0.6 is 11.3 Å². The highest BCUT2D eigenvalue weighted by atomic mass is 32.1. The van der Waals surface area contributed by atoms with E-state index in [2.05, 4.69) is 15.6 Å². The van der Waals surface area contributed by atoms with Gasteiger partial charge in [-0.15, -0.1) is 11.3 Å². The normalized spacial score (nSPS) is 11.9. The van der Waals surface area contributed by atoms with Gasteiger partial charge in [0.2, 0.25) is 5.91 Å². The molecule has 0 fully saturated rings. The number of thiazole rings is 1. The van der Waals surface area contributed by atoms with E-state index in [1.807, 2.05) is 50.4 Å². The van der Waals surface area contributed by atoms with Gasteiger partial charge in [-0.05, 0) is 31.0 Å². The van der Waals surface area contributed by atoms with E-state index in [0.29, 0.717) is 10.9 Å². The molecule has 3 rings (SSSR count). The lowest BCUT2D eigenvalue weighted by atomic mass is 10.1. The summed E-state index contributed by atoms with van der Waals surface area (Å²) in [6, 6.07) is 9.53. The van der Waals surface area contributed by atoms with Crippen LogP contribution in [0.1, 0.15) is 54.3 Å². The number of amides is 2. The Morgan fingerprint density at radius 2 is 1.96 bits per heavy atom. The van der Waals surface area contributed by atoms with Crippen molar-refractivity contribution in [2.24, 2.45) is 0 Å². The minimum atomic E-state index is -0.303. The predicted octanol–water partition coefficient (Wildman–Crippen LogP) is 4.72. The highest BCUT2D eigenvalue weighted by molar-refractivity contribution is 7.14. The van der Waals surface area contributed by atoms with Crippen molar-refractivity contribution >= 4 is 28.3 Å². The summed E-state index contributed by atoms with van der Waals surface area (Å²) in [5.74, 6) is 0.749. The van der Waals surface area contributed by atoms with Gasteiger partial charge in [0, 0.05) is 24.3 Å². The molecule has 2 aromatic heterocycles. The zero-order chi connectivity index (χ0) is 20.3. The van der Waals surface area contributed by atoms with E-state index in [4.69, 9.17) is 4.42 Å². The summed E-state index contributed by atoms with van der Waals surface area (Å²) in [5, 5.41) is 8.06. The van der Waals surface area contributed by atoms with Crippen molar-refractivity contribution in [1.82, 2.24) is 10.3 Å². The van der Waals surface area contributed by atoms with E-state index >= 15 is 0 Å². The number of hydrogen-bond acceptors (Lipinski definition) is 5. The van der Waals surface area contributed by atoms with Gasteiger partial charge in [-0.2, -0.15) is 0 Å². The Morgan fingerprint density at radius 1 is 1.25 bits per heavy atom. The lowest BCUT2D eigenvalue weighted by Crippen LogP contribution is -2.23. The number of carbonyl (C=O) groups excluding carboxylic acids is 2. The number of carbonyl (C=O) groups is 2. The van der Waals surface area contributed by atoms with E-state index in [0.717, 1.165) is 34.6 Å². The second kappa shape index (κ2) is 8.39. The fourth-order valence-electron chi connectivity index (χ4n) is 2.94. The lowest BCUT2D eigenvalue weighted by Gasteiger charge is -2.12. The standard InChI is InChI=1S/C21H23N3O3S/c1-5-18-12(2)10-19(27-18)20(26)24-21-23-17(11-28-21)16-8-6-15(7-9-16)13(3)22-14(4)25/h6-11,13H,5H2,1-4H3,(H,22,25)(H,23,24,26)/t13-/m0/s1. The van der Waals surface area contributed by atoms with Gasteiger partial charge in [-0.3, -0.25) is 14.9 Å². The van der Waals surface area contributed by atoms with Crippen LogP contribution in [0.15, 0.2) is 40.1 Å². The molecular formula is C21H23N3O3S. The number of aryl methyl sites for hydroxylation is 2. The molecule has 7 heteroatoms. The molecule has 2 amide bonds. The lowest BCUT2D eigenvalue weighted by molar-refractivity contribution is -0.119. The van der Waals surface area contributed by atoms with Gasteiger partial charge in [0.15, 0.2) is 10.9 Å². The van der Waals surface area contributed by atoms with Crippen LogP contribution in [0.2, 0.25) is 0 Å². The molecule has 2 N–H and O–H groups in total. The zero-order valence-electron chi connectivity index (χ0n) is 16.3. The van der Waals surface area contributed by atoms with Gasteiger partial charge in [-0.25, -0.2) is 4.98 Å². The number of benzene rings is 1. The molecule has 0 saturated heterocycles. The summed E-state index contributed by atoms with van der Waals surface area (Å²) >= 11 is 1.36. The smallest absolute Gasteiger partial charge is 0.293 e. The molecule has 3 aromatic rings. The maximum atomic E-state index is 12.4.